The van der Waals surface area contributed by atoms with Gasteiger partial charge in [0, 0.05) is 29.6 Å². The smallest absolute Gasteiger partial charge is 0.334 e. The Hall–Kier alpha value is -2.25. The zero-order valence-corrected chi connectivity index (χ0v) is 15.9. The molecule has 4 unspecified atom stereocenters. The Bertz CT molecular complexity index is 714. The van der Waals surface area contributed by atoms with Gasteiger partial charge in [-0.25, -0.2) is 9.59 Å². The van der Waals surface area contributed by atoms with E-state index in [9.17, 15) is 24.6 Å². The highest BCUT2D eigenvalue weighted by Crippen LogP contribution is 2.38. The quantitative estimate of drug-likeness (QED) is 0.564. The van der Waals surface area contributed by atoms with Crippen molar-refractivity contribution in [1.29, 1.82) is 0 Å². The molecule has 1 saturated heterocycles. The van der Waals surface area contributed by atoms with Crippen molar-refractivity contribution in [3.05, 3.63) is 35.5 Å². The van der Waals surface area contributed by atoms with Gasteiger partial charge in [0.05, 0.1) is 18.1 Å². The summed E-state index contributed by atoms with van der Waals surface area (Å²) in [6.45, 7) is 8.08. The van der Waals surface area contributed by atoms with Crippen LogP contribution in [0.4, 0.5) is 0 Å². The van der Waals surface area contributed by atoms with Gasteiger partial charge in [-0.1, -0.05) is 12.7 Å². The molecule has 0 aromatic carbocycles. The van der Waals surface area contributed by atoms with E-state index in [1.807, 2.05) is 0 Å². The van der Waals surface area contributed by atoms with Crippen LogP contribution in [0.1, 0.15) is 40.0 Å². The van der Waals surface area contributed by atoms with Crippen LogP contribution in [0.5, 0.6) is 0 Å². The predicted octanol–water partition coefficient (Wildman–Crippen LogP) is 1.38. The number of carbonyl (C=O) groups excluding carboxylic acids is 3. The molecule has 1 fully saturated rings. The molecule has 0 bridgehead atoms. The first-order valence-electron chi connectivity index (χ1n) is 8.90. The first kappa shape index (κ1) is 21.1. The third-order valence-electron chi connectivity index (χ3n) is 5.10. The number of hydrogen-bond donors (Lipinski definition) is 2. The van der Waals surface area contributed by atoms with E-state index >= 15 is 0 Å². The number of aliphatic hydroxyl groups excluding tert-OH is 1. The van der Waals surface area contributed by atoms with E-state index in [1.165, 1.54) is 6.08 Å². The summed E-state index contributed by atoms with van der Waals surface area (Å²) in [5.74, 6) is -2.31. The summed E-state index contributed by atoms with van der Waals surface area (Å²) in [5, 5.41) is 20.3. The number of rotatable bonds is 3. The second-order valence-corrected chi connectivity index (χ2v) is 7.31. The summed E-state index contributed by atoms with van der Waals surface area (Å²) >= 11 is 0. The number of carbonyl (C=O) groups is 3. The maximum atomic E-state index is 12.3. The van der Waals surface area contributed by atoms with Crippen LogP contribution in [-0.2, 0) is 23.9 Å². The second kappa shape index (κ2) is 8.19. The van der Waals surface area contributed by atoms with Crippen LogP contribution in [0.25, 0.3) is 0 Å². The Balaban J connectivity index is 2.49. The van der Waals surface area contributed by atoms with Gasteiger partial charge >= 0.3 is 11.9 Å². The van der Waals surface area contributed by atoms with Crippen LogP contribution in [0.3, 0.4) is 0 Å². The van der Waals surface area contributed by atoms with Gasteiger partial charge in [0.25, 0.3) is 0 Å². The molecule has 0 radical (unpaired) electrons. The number of esters is 2. The van der Waals surface area contributed by atoms with Gasteiger partial charge in [-0.2, -0.15) is 0 Å². The molecule has 7 heteroatoms. The molecule has 4 atom stereocenters. The van der Waals surface area contributed by atoms with Gasteiger partial charge in [0.2, 0.25) is 0 Å². The number of Topliss-reactive ketones (excluding diaryl/α,β-unsaturated/α-hetero) is 1. The lowest BCUT2D eigenvalue weighted by Crippen LogP contribution is -2.41. The standard InChI is InChI=1S/C20H26O7/c1-5-11(2)18(23)27-16-9-20(4,25)7-6-14(22)13(10-21)8-15-17(16)12(3)19(24)26-15/h5,8,15-17,21,25H,3,6-7,9-10H2,1-2,4H3. The second-order valence-electron chi connectivity index (χ2n) is 7.31. The molecule has 1 aliphatic heterocycles. The molecule has 2 rings (SSSR count). The Labute approximate surface area is 158 Å². The van der Waals surface area contributed by atoms with E-state index in [4.69, 9.17) is 9.47 Å². The van der Waals surface area contributed by atoms with Crippen LogP contribution < -0.4 is 0 Å². The molecule has 27 heavy (non-hydrogen) atoms. The topological polar surface area (TPSA) is 110 Å². The molecular formula is C20H26O7. The summed E-state index contributed by atoms with van der Waals surface area (Å²) < 4.78 is 10.9. The summed E-state index contributed by atoms with van der Waals surface area (Å²) in [4.78, 5) is 36.7. The van der Waals surface area contributed by atoms with Gasteiger partial charge in [0.15, 0.2) is 5.78 Å². The number of fused-ring (bicyclic) bond motifs is 1. The number of allylic oxidation sites excluding steroid dienone is 1. The lowest BCUT2D eigenvalue weighted by Gasteiger charge is -2.33. The van der Waals surface area contributed by atoms with E-state index in [1.54, 1.807) is 26.8 Å². The molecule has 1 heterocycles. The highest BCUT2D eigenvalue weighted by atomic mass is 16.6. The summed E-state index contributed by atoms with van der Waals surface area (Å²) in [6.07, 6.45) is 1.36. The molecule has 1 aliphatic carbocycles. The maximum absolute atomic E-state index is 12.3. The average molecular weight is 378 g/mol. The molecule has 0 spiro atoms. The zero-order chi connectivity index (χ0) is 20.4. The Morgan fingerprint density at radius 3 is 2.74 bits per heavy atom. The lowest BCUT2D eigenvalue weighted by atomic mass is 9.80. The molecule has 0 aromatic heterocycles. The van der Waals surface area contributed by atoms with Crippen LogP contribution >= 0.6 is 0 Å². The fraction of sp³-hybridized carbons (Fsp3) is 0.550. The molecule has 2 N–H and O–H groups in total. The Morgan fingerprint density at radius 1 is 1.48 bits per heavy atom. The van der Waals surface area contributed by atoms with Crippen molar-refractivity contribution in [3.63, 3.8) is 0 Å². The number of aliphatic hydroxyl groups is 2. The van der Waals surface area contributed by atoms with Crippen molar-refractivity contribution in [2.24, 2.45) is 5.92 Å². The van der Waals surface area contributed by atoms with E-state index in [0.717, 1.165) is 0 Å². The minimum absolute atomic E-state index is 0.0141. The normalized spacial score (nSPS) is 32.5. The van der Waals surface area contributed by atoms with Gasteiger partial charge in [-0.3, -0.25) is 4.79 Å². The van der Waals surface area contributed by atoms with E-state index < -0.39 is 42.3 Å². The van der Waals surface area contributed by atoms with Crippen LogP contribution in [0.2, 0.25) is 0 Å². The van der Waals surface area contributed by atoms with Crippen molar-refractivity contribution < 1.29 is 34.1 Å². The first-order valence-corrected chi connectivity index (χ1v) is 8.90. The third-order valence-corrected chi connectivity index (χ3v) is 5.10. The maximum Gasteiger partial charge on any atom is 0.334 e. The summed E-state index contributed by atoms with van der Waals surface area (Å²) in [5.41, 5.74) is -0.729. The molecule has 0 saturated carbocycles. The van der Waals surface area contributed by atoms with Gasteiger partial charge in [-0.15, -0.1) is 0 Å². The van der Waals surface area contributed by atoms with Crippen molar-refractivity contribution in [2.45, 2.75) is 57.8 Å². The third kappa shape index (κ3) is 4.73. The molecule has 0 amide bonds. The summed E-state index contributed by atoms with van der Waals surface area (Å²) in [6, 6.07) is 0. The molecule has 2 aliphatic rings. The zero-order valence-electron chi connectivity index (χ0n) is 15.9. The van der Waals surface area contributed by atoms with Crippen LogP contribution in [0.15, 0.2) is 35.5 Å². The Morgan fingerprint density at radius 2 is 2.15 bits per heavy atom. The molecule has 7 nitrogen and oxygen atoms in total. The number of ketones is 1. The minimum atomic E-state index is -1.32. The van der Waals surface area contributed by atoms with Crippen molar-refractivity contribution in [3.8, 4) is 0 Å². The van der Waals surface area contributed by atoms with Crippen molar-refractivity contribution in [1.82, 2.24) is 0 Å². The molecular weight excluding hydrogens is 352 g/mol. The molecule has 0 aromatic rings. The van der Waals surface area contributed by atoms with Crippen LogP contribution in [0, 0.1) is 5.92 Å². The van der Waals surface area contributed by atoms with E-state index in [0.29, 0.717) is 5.57 Å². The highest BCUT2D eigenvalue weighted by Gasteiger charge is 2.47. The summed E-state index contributed by atoms with van der Waals surface area (Å²) in [7, 11) is 0. The van der Waals surface area contributed by atoms with Gasteiger partial charge in [-0.05, 0) is 33.3 Å². The van der Waals surface area contributed by atoms with Crippen molar-refractivity contribution in [2.75, 3.05) is 6.61 Å². The monoisotopic (exact) mass is 378 g/mol. The van der Waals surface area contributed by atoms with Crippen LogP contribution in [-0.4, -0.2) is 52.4 Å². The predicted molar refractivity (Wildman–Crippen MR) is 96.5 cm³/mol. The average Bonchev–Trinajstić information content (AvgIpc) is 2.89. The first-order chi connectivity index (χ1) is 12.6. The SMILES string of the molecule is C=C1C(=O)OC2C=C(CO)C(=O)CCC(C)(O)CC(OC(=O)C(C)=CC)C12. The lowest BCUT2D eigenvalue weighted by molar-refractivity contribution is -0.151. The fourth-order valence-corrected chi connectivity index (χ4v) is 3.28. The number of ether oxygens (including phenoxy) is 2. The fourth-order valence-electron chi connectivity index (χ4n) is 3.28. The Kier molecular flexibility index (Phi) is 6.38. The largest absolute Gasteiger partial charge is 0.458 e. The highest BCUT2D eigenvalue weighted by molar-refractivity contribution is 5.96. The van der Waals surface area contributed by atoms with Gasteiger partial charge in [0.1, 0.15) is 12.2 Å². The van der Waals surface area contributed by atoms with Crippen molar-refractivity contribution >= 4 is 17.7 Å². The van der Waals surface area contributed by atoms with E-state index in [-0.39, 0.29) is 36.2 Å². The number of hydrogen-bond acceptors (Lipinski definition) is 7. The van der Waals surface area contributed by atoms with Gasteiger partial charge < -0.3 is 19.7 Å². The minimum Gasteiger partial charge on any atom is -0.458 e. The molecule has 148 valence electrons. The van der Waals surface area contributed by atoms with E-state index in [2.05, 4.69) is 6.58 Å².